The number of halogens is 1. The van der Waals surface area contributed by atoms with E-state index in [9.17, 15) is 0 Å². The van der Waals surface area contributed by atoms with Crippen molar-refractivity contribution in [2.75, 3.05) is 14.2 Å². The first-order valence-electron chi connectivity index (χ1n) is 10.1. The van der Waals surface area contributed by atoms with E-state index in [1.54, 1.807) is 44.8 Å². The Morgan fingerprint density at radius 2 is 1.82 bits per heavy atom. The number of hydrogen-bond acceptors (Lipinski definition) is 7. The standard InChI is InChI=1S/C25H21ClN4O3S/c1-15(17-5-4-9-28-25(17)26)29-14-30-19-7-6-16(11-24(19)34)33-21-8-10-27-20-13-23(32-3)22(31-2)12-18(20)21/h4-14,34H,1H2,2-3H3,(H,29,30). The zero-order valence-corrected chi connectivity index (χ0v) is 20.1. The molecule has 7 nitrogen and oxygen atoms in total. The smallest absolute Gasteiger partial charge is 0.162 e. The molecule has 0 radical (unpaired) electrons. The van der Waals surface area contributed by atoms with Gasteiger partial charge in [-0.25, -0.2) is 9.98 Å². The Hall–Kier alpha value is -3.75. The van der Waals surface area contributed by atoms with Crippen LogP contribution in [0.3, 0.4) is 0 Å². The molecule has 4 aromatic rings. The Balaban J connectivity index is 1.51. The third-order valence-corrected chi connectivity index (χ3v) is 5.57. The SMILES string of the molecule is C=C(NC=Nc1ccc(Oc2ccnc3cc(OC)c(OC)cc23)cc1S)c1cccnc1Cl. The van der Waals surface area contributed by atoms with Crippen LogP contribution in [0.1, 0.15) is 5.56 Å². The third kappa shape index (κ3) is 5.08. The number of fused-ring (bicyclic) bond motifs is 1. The lowest BCUT2D eigenvalue weighted by Crippen LogP contribution is -2.08. The summed E-state index contributed by atoms with van der Waals surface area (Å²) in [5.74, 6) is 2.42. The van der Waals surface area contributed by atoms with Crippen LogP contribution >= 0.6 is 24.2 Å². The quantitative estimate of drug-likeness (QED) is 0.130. The molecule has 1 N–H and O–H groups in total. The van der Waals surface area contributed by atoms with Gasteiger partial charge >= 0.3 is 0 Å². The minimum Gasteiger partial charge on any atom is -0.493 e. The highest BCUT2D eigenvalue weighted by Gasteiger charge is 2.12. The summed E-state index contributed by atoms with van der Waals surface area (Å²) < 4.78 is 16.9. The molecule has 34 heavy (non-hydrogen) atoms. The monoisotopic (exact) mass is 492 g/mol. The predicted octanol–water partition coefficient (Wildman–Crippen LogP) is 6.30. The van der Waals surface area contributed by atoms with Gasteiger partial charge in [-0.05, 0) is 42.5 Å². The number of aliphatic imine (C=N–C) groups is 1. The van der Waals surface area contributed by atoms with Crippen LogP contribution in [-0.4, -0.2) is 30.5 Å². The number of ether oxygens (including phenoxy) is 3. The normalized spacial score (nSPS) is 10.9. The van der Waals surface area contributed by atoms with E-state index in [4.69, 9.17) is 25.8 Å². The second kappa shape index (κ2) is 10.5. The number of nitrogens with zero attached hydrogens (tertiary/aromatic N) is 3. The highest BCUT2D eigenvalue weighted by molar-refractivity contribution is 7.80. The van der Waals surface area contributed by atoms with Crippen LogP contribution in [0.15, 0.2) is 77.4 Å². The van der Waals surface area contributed by atoms with Crippen LogP contribution in [-0.2, 0) is 0 Å². The van der Waals surface area contributed by atoms with Crippen molar-refractivity contribution in [3.8, 4) is 23.0 Å². The topological polar surface area (TPSA) is 77.9 Å². The van der Waals surface area contributed by atoms with Crippen molar-refractivity contribution in [1.82, 2.24) is 15.3 Å². The summed E-state index contributed by atoms with van der Waals surface area (Å²) in [5.41, 5.74) is 2.66. The molecule has 0 spiro atoms. The van der Waals surface area contributed by atoms with Crippen LogP contribution in [0, 0.1) is 0 Å². The van der Waals surface area contributed by atoms with Crippen molar-refractivity contribution in [2.45, 2.75) is 4.90 Å². The first-order chi connectivity index (χ1) is 16.5. The molecule has 0 fully saturated rings. The molecule has 0 unspecified atom stereocenters. The summed E-state index contributed by atoms with van der Waals surface area (Å²) in [6.07, 6.45) is 4.82. The third-order valence-electron chi connectivity index (χ3n) is 4.91. The molecule has 2 aromatic carbocycles. The molecule has 0 aliphatic heterocycles. The molecular weight excluding hydrogens is 472 g/mol. The zero-order valence-electron chi connectivity index (χ0n) is 18.4. The van der Waals surface area contributed by atoms with Crippen LogP contribution in [0.2, 0.25) is 5.15 Å². The first-order valence-corrected chi connectivity index (χ1v) is 10.9. The zero-order chi connectivity index (χ0) is 24.1. The Morgan fingerprint density at radius 3 is 2.56 bits per heavy atom. The van der Waals surface area contributed by atoms with Gasteiger partial charge in [-0.2, -0.15) is 0 Å². The summed E-state index contributed by atoms with van der Waals surface area (Å²) in [5, 5.41) is 4.16. The van der Waals surface area contributed by atoms with E-state index >= 15 is 0 Å². The van der Waals surface area contributed by atoms with E-state index in [0.29, 0.717) is 50.0 Å². The number of benzene rings is 2. The highest BCUT2D eigenvalue weighted by atomic mass is 35.5. The summed E-state index contributed by atoms with van der Waals surface area (Å²) in [7, 11) is 3.17. The van der Waals surface area contributed by atoms with Crippen LogP contribution in [0.25, 0.3) is 16.6 Å². The lowest BCUT2D eigenvalue weighted by Gasteiger charge is -2.13. The number of methoxy groups -OCH3 is 2. The lowest BCUT2D eigenvalue weighted by molar-refractivity contribution is 0.355. The van der Waals surface area contributed by atoms with Crippen molar-refractivity contribution >= 4 is 52.9 Å². The molecule has 0 bridgehead atoms. The first kappa shape index (κ1) is 23.4. The number of nitrogens with one attached hydrogen (secondary N) is 1. The van der Waals surface area contributed by atoms with Crippen molar-refractivity contribution in [3.05, 3.63) is 78.2 Å². The highest BCUT2D eigenvalue weighted by Crippen LogP contribution is 2.38. The van der Waals surface area contributed by atoms with Crippen LogP contribution in [0.5, 0.6) is 23.0 Å². The van der Waals surface area contributed by atoms with Gasteiger partial charge in [0.25, 0.3) is 0 Å². The maximum atomic E-state index is 6.13. The number of thiol groups is 1. The molecule has 4 rings (SSSR count). The van der Waals surface area contributed by atoms with E-state index in [1.165, 1.54) is 6.34 Å². The average molecular weight is 493 g/mol. The van der Waals surface area contributed by atoms with Gasteiger partial charge in [0.15, 0.2) is 11.5 Å². The van der Waals surface area contributed by atoms with E-state index < -0.39 is 0 Å². The molecule has 0 atom stereocenters. The largest absolute Gasteiger partial charge is 0.493 e. The van der Waals surface area contributed by atoms with Gasteiger partial charge in [0, 0.05) is 40.0 Å². The minimum atomic E-state index is 0.365. The molecule has 0 amide bonds. The van der Waals surface area contributed by atoms with Gasteiger partial charge in [-0.15, -0.1) is 12.6 Å². The minimum absolute atomic E-state index is 0.365. The van der Waals surface area contributed by atoms with Crippen molar-refractivity contribution in [2.24, 2.45) is 4.99 Å². The fraction of sp³-hybridized carbons (Fsp3) is 0.0800. The van der Waals surface area contributed by atoms with Crippen molar-refractivity contribution < 1.29 is 14.2 Å². The summed E-state index contributed by atoms with van der Waals surface area (Å²) in [4.78, 5) is 13.5. The number of hydrogen-bond donors (Lipinski definition) is 2. The second-order valence-electron chi connectivity index (χ2n) is 7.01. The van der Waals surface area contributed by atoms with Gasteiger partial charge in [-0.1, -0.05) is 18.2 Å². The Morgan fingerprint density at radius 1 is 1.03 bits per heavy atom. The van der Waals surface area contributed by atoms with Crippen LogP contribution < -0.4 is 19.5 Å². The van der Waals surface area contributed by atoms with E-state index in [2.05, 4.69) is 39.5 Å². The molecule has 0 aliphatic rings. The molecule has 9 heteroatoms. The van der Waals surface area contributed by atoms with Gasteiger partial charge in [0.1, 0.15) is 16.7 Å². The fourth-order valence-electron chi connectivity index (χ4n) is 3.21. The van der Waals surface area contributed by atoms with Gasteiger partial charge < -0.3 is 19.5 Å². The molecule has 0 aliphatic carbocycles. The van der Waals surface area contributed by atoms with Crippen LogP contribution in [0.4, 0.5) is 5.69 Å². The predicted molar refractivity (Wildman–Crippen MR) is 138 cm³/mol. The maximum absolute atomic E-state index is 6.13. The molecule has 0 saturated heterocycles. The maximum Gasteiger partial charge on any atom is 0.162 e. The average Bonchev–Trinajstić information content (AvgIpc) is 2.85. The Bertz CT molecular complexity index is 1390. The van der Waals surface area contributed by atoms with E-state index in [1.807, 2.05) is 30.3 Å². The van der Waals surface area contributed by atoms with E-state index in [0.717, 1.165) is 10.9 Å². The Labute approximate surface area is 207 Å². The van der Waals surface area contributed by atoms with Gasteiger partial charge in [0.2, 0.25) is 0 Å². The molecular formula is C25H21ClN4O3S. The van der Waals surface area contributed by atoms with Crippen molar-refractivity contribution in [3.63, 3.8) is 0 Å². The summed E-state index contributed by atoms with van der Waals surface area (Å²) >= 11 is 10.6. The Kier molecular flexibility index (Phi) is 7.20. The van der Waals surface area contributed by atoms with Gasteiger partial charge in [-0.3, -0.25) is 4.98 Å². The number of rotatable bonds is 8. The second-order valence-corrected chi connectivity index (χ2v) is 7.85. The van der Waals surface area contributed by atoms with E-state index in [-0.39, 0.29) is 0 Å². The molecule has 0 saturated carbocycles. The molecule has 2 heterocycles. The summed E-state index contributed by atoms with van der Waals surface area (Å²) in [6.45, 7) is 3.96. The van der Waals surface area contributed by atoms with Crippen molar-refractivity contribution in [1.29, 1.82) is 0 Å². The summed E-state index contributed by atoms with van der Waals surface area (Å²) in [6, 6.07) is 14.5. The molecule has 2 aromatic heterocycles. The molecule has 172 valence electrons. The number of pyridine rings is 2. The fourth-order valence-corrected chi connectivity index (χ4v) is 3.70. The van der Waals surface area contributed by atoms with Gasteiger partial charge in [0.05, 0.1) is 31.8 Å². The number of aromatic nitrogens is 2. The lowest BCUT2D eigenvalue weighted by atomic mass is 10.2.